The van der Waals surface area contributed by atoms with E-state index in [0.29, 0.717) is 6.61 Å². The van der Waals surface area contributed by atoms with Crippen LogP contribution in [0.5, 0.6) is 5.88 Å². The number of hydrogen-bond acceptors (Lipinski definition) is 5. The van der Waals surface area contributed by atoms with Gasteiger partial charge in [0.05, 0.1) is 6.61 Å². The van der Waals surface area contributed by atoms with E-state index in [4.69, 9.17) is 21.1 Å². The van der Waals surface area contributed by atoms with Gasteiger partial charge in [0.2, 0.25) is 5.88 Å². The molecule has 0 aliphatic carbocycles. The third kappa shape index (κ3) is 3.71. The van der Waals surface area contributed by atoms with Gasteiger partial charge in [-0.1, -0.05) is 11.6 Å². The number of rotatable bonds is 4. The van der Waals surface area contributed by atoms with Gasteiger partial charge in [0, 0.05) is 6.07 Å². The van der Waals surface area contributed by atoms with E-state index < -0.39 is 12.1 Å². The van der Waals surface area contributed by atoms with Gasteiger partial charge >= 0.3 is 5.97 Å². The minimum atomic E-state index is -0.708. The Morgan fingerprint density at radius 1 is 1.53 bits per heavy atom. The van der Waals surface area contributed by atoms with Crippen LogP contribution in [0.2, 0.25) is 5.15 Å². The lowest BCUT2D eigenvalue weighted by Gasteiger charge is -2.11. The molecular formula is C9H11ClN2O3. The molecule has 1 atom stereocenters. The summed E-state index contributed by atoms with van der Waals surface area (Å²) in [5.41, 5.74) is 0. The Morgan fingerprint density at radius 3 is 2.80 bits per heavy atom. The fourth-order valence-corrected chi connectivity index (χ4v) is 0.956. The number of aromatic nitrogens is 2. The van der Waals surface area contributed by atoms with Crippen molar-refractivity contribution < 1.29 is 14.3 Å². The minimum Gasteiger partial charge on any atom is -0.463 e. The van der Waals surface area contributed by atoms with E-state index >= 15 is 0 Å². The van der Waals surface area contributed by atoms with Gasteiger partial charge in [0.1, 0.15) is 0 Å². The molecule has 0 aromatic carbocycles. The summed E-state index contributed by atoms with van der Waals surface area (Å²) in [6, 6.07) is 3.06. The molecule has 1 heterocycles. The van der Waals surface area contributed by atoms with Crippen LogP contribution in [-0.2, 0) is 9.53 Å². The van der Waals surface area contributed by atoms with Crippen LogP contribution in [0, 0.1) is 0 Å². The lowest BCUT2D eigenvalue weighted by Crippen LogP contribution is -2.26. The zero-order valence-electron chi connectivity index (χ0n) is 8.44. The van der Waals surface area contributed by atoms with Gasteiger partial charge in [0.25, 0.3) is 0 Å². The molecule has 1 aromatic heterocycles. The van der Waals surface area contributed by atoms with Crippen LogP contribution in [0.15, 0.2) is 12.1 Å². The van der Waals surface area contributed by atoms with Crippen LogP contribution in [0.1, 0.15) is 13.8 Å². The van der Waals surface area contributed by atoms with Crippen LogP contribution >= 0.6 is 11.6 Å². The molecule has 0 fully saturated rings. The zero-order chi connectivity index (χ0) is 11.3. The standard InChI is InChI=1S/C9H11ClN2O3/c1-3-14-9(13)6(2)15-8-5-4-7(10)11-12-8/h4-6H,3H2,1-2H3. The molecule has 82 valence electrons. The van der Waals surface area contributed by atoms with E-state index in [1.165, 1.54) is 12.1 Å². The fraction of sp³-hybridized carbons (Fsp3) is 0.444. The van der Waals surface area contributed by atoms with Gasteiger partial charge in [0.15, 0.2) is 11.3 Å². The molecule has 0 saturated heterocycles. The Balaban J connectivity index is 2.54. The Hall–Kier alpha value is -1.36. The zero-order valence-corrected chi connectivity index (χ0v) is 9.19. The monoisotopic (exact) mass is 230 g/mol. The maximum atomic E-state index is 11.2. The summed E-state index contributed by atoms with van der Waals surface area (Å²) >= 11 is 5.54. The van der Waals surface area contributed by atoms with Crippen LogP contribution in [0.25, 0.3) is 0 Å². The number of esters is 1. The van der Waals surface area contributed by atoms with Gasteiger partial charge in [-0.15, -0.1) is 10.2 Å². The van der Waals surface area contributed by atoms with E-state index in [-0.39, 0.29) is 11.0 Å². The summed E-state index contributed by atoms with van der Waals surface area (Å²) in [6.45, 7) is 3.62. The molecule has 0 radical (unpaired) electrons. The lowest BCUT2D eigenvalue weighted by molar-refractivity contribution is -0.150. The van der Waals surface area contributed by atoms with Crippen LogP contribution in [-0.4, -0.2) is 28.9 Å². The van der Waals surface area contributed by atoms with E-state index in [9.17, 15) is 4.79 Å². The number of carbonyl (C=O) groups is 1. The normalized spacial score (nSPS) is 11.9. The van der Waals surface area contributed by atoms with Gasteiger partial charge < -0.3 is 9.47 Å². The molecule has 0 saturated carbocycles. The first-order valence-corrected chi connectivity index (χ1v) is 4.83. The van der Waals surface area contributed by atoms with Crippen molar-refractivity contribution in [1.29, 1.82) is 0 Å². The smallest absolute Gasteiger partial charge is 0.347 e. The van der Waals surface area contributed by atoms with Crippen LogP contribution < -0.4 is 4.74 Å². The topological polar surface area (TPSA) is 61.3 Å². The van der Waals surface area contributed by atoms with Gasteiger partial charge in [-0.3, -0.25) is 0 Å². The molecule has 0 amide bonds. The minimum absolute atomic E-state index is 0.236. The number of halogens is 1. The molecule has 15 heavy (non-hydrogen) atoms. The highest BCUT2D eigenvalue weighted by atomic mass is 35.5. The van der Waals surface area contributed by atoms with Gasteiger partial charge in [-0.25, -0.2) is 4.79 Å². The van der Waals surface area contributed by atoms with Crippen molar-refractivity contribution in [2.45, 2.75) is 20.0 Å². The second-order valence-electron chi connectivity index (χ2n) is 2.71. The maximum Gasteiger partial charge on any atom is 0.347 e. The summed E-state index contributed by atoms with van der Waals surface area (Å²) in [5.74, 6) is -0.200. The first kappa shape index (κ1) is 11.7. The molecular weight excluding hydrogens is 220 g/mol. The second kappa shape index (κ2) is 5.50. The fourth-order valence-electron chi connectivity index (χ4n) is 0.855. The van der Waals surface area contributed by atoms with E-state index in [1.54, 1.807) is 13.8 Å². The highest BCUT2D eigenvalue weighted by Crippen LogP contribution is 2.10. The van der Waals surface area contributed by atoms with Crippen LogP contribution in [0.3, 0.4) is 0 Å². The van der Waals surface area contributed by atoms with Gasteiger partial charge in [-0.05, 0) is 19.9 Å². The molecule has 1 rings (SSSR count). The maximum absolute atomic E-state index is 11.2. The van der Waals surface area contributed by atoms with E-state index in [2.05, 4.69) is 10.2 Å². The summed E-state index contributed by atoms with van der Waals surface area (Å²) in [5, 5.41) is 7.49. The van der Waals surface area contributed by atoms with Crippen molar-refractivity contribution >= 4 is 17.6 Å². The lowest BCUT2D eigenvalue weighted by atomic mass is 10.4. The van der Waals surface area contributed by atoms with E-state index in [1.807, 2.05) is 0 Å². The Bertz CT molecular complexity index is 329. The summed E-state index contributed by atoms with van der Waals surface area (Å²) < 4.78 is 9.94. The SMILES string of the molecule is CCOC(=O)C(C)Oc1ccc(Cl)nn1. The molecule has 0 spiro atoms. The number of hydrogen-bond donors (Lipinski definition) is 0. The highest BCUT2D eigenvalue weighted by Gasteiger charge is 2.16. The summed E-state index contributed by atoms with van der Waals surface area (Å²) in [6.07, 6.45) is -0.708. The van der Waals surface area contributed by atoms with Crippen molar-refractivity contribution in [2.24, 2.45) is 0 Å². The molecule has 0 N–H and O–H groups in total. The number of nitrogens with zero attached hydrogens (tertiary/aromatic N) is 2. The van der Waals surface area contributed by atoms with Crippen molar-refractivity contribution in [1.82, 2.24) is 10.2 Å². The molecule has 5 nitrogen and oxygen atoms in total. The first-order chi connectivity index (χ1) is 7.13. The largest absolute Gasteiger partial charge is 0.463 e. The molecule has 0 aliphatic heterocycles. The average molecular weight is 231 g/mol. The number of ether oxygens (including phenoxy) is 2. The predicted octanol–water partition coefficient (Wildman–Crippen LogP) is 1.46. The van der Waals surface area contributed by atoms with E-state index in [0.717, 1.165) is 0 Å². The van der Waals surface area contributed by atoms with Crippen molar-refractivity contribution in [2.75, 3.05) is 6.61 Å². The van der Waals surface area contributed by atoms with Crippen molar-refractivity contribution in [3.63, 3.8) is 0 Å². The average Bonchev–Trinajstić information content (AvgIpc) is 2.22. The number of carbonyl (C=O) groups excluding carboxylic acids is 1. The van der Waals surface area contributed by atoms with Crippen LogP contribution in [0.4, 0.5) is 0 Å². The quantitative estimate of drug-likeness (QED) is 0.733. The third-order valence-corrected chi connectivity index (χ3v) is 1.73. The Kier molecular flexibility index (Phi) is 4.30. The molecule has 6 heteroatoms. The summed E-state index contributed by atoms with van der Waals surface area (Å²) in [4.78, 5) is 11.2. The van der Waals surface area contributed by atoms with Gasteiger partial charge in [-0.2, -0.15) is 0 Å². The predicted molar refractivity (Wildman–Crippen MR) is 53.8 cm³/mol. The van der Waals surface area contributed by atoms with Crippen molar-refractivity contribution in [3.8, 4) is 5.88 Å². The van der Waals surface area contributed by atoms with Crippen molar-refractivity contribution in [3.05, 3.63) is 17.3 Å². The molecule has 1 aromatic rings. The second-order valence-corrected chi connectivity index (χ2v) is 3.09. The summed E-state index contributed by atoms with van der Waals surface area (Å²) in [7, 11) is 0. The Morgan fingerprint density at radius 2 is 2.27 bits per heavy atom. The molecule has 0 bridgehead atoms. The third-order valence-electron chi connectivity index (χ3n) is 1.52. The first-order valence-electron chi connectivity index (χ1n) is 4.46. The molecule has 1 unspecified atom stereocenters. The Labute approximate surface area is 92.4 Å². The molecule has 0 aliphatic rings. The highest BCUT2D eigenvalue weighted by molar-refractivity contribution is 6.29.